The Labute approximate surface area is 271 Å². The van der Waals surface area contributed by atoms with Gasteiger partial charge in [0.1, 0.15) is 17.3 Å². The second-order valence-corrected chi connectivity index (χ2v) is 15.9. The first kappa shape index (κ1) is 28.2. The third-order valence-electron chi connectivity index (χ3n) is 11.8. The van der Waals surface area contributed by atoms with Gasteiger partial charge in [-0.2, -0.15) is 0 Å². The number of rotatable bonds is 2. The molecule has 2 spiro atoms. The van der Waals surface area contributed by atoms with Gasteiger partial charge in [0, 0.05) is 35.6 Å². The van der Waals surface area contributed by atoms with E-state index in [9.17, 15) is 9.90 Å². The molecule has 5 unspecified atom stereocenters. The first-order valence-electron chi connectivity index (χ1n) is 17.5. The molecule has 2 fully saturated rings. The topological polar surface area (TPSA) is 87.4 Å². The summed E-state index contributed by atoms with van der Waals surface area (Å²) in [4.78, 5) is 18.3. The molecule has 0 amide bonds. The van der Waals surface area contributed by atoms with Gasteiger partial charge in [-0.1, -0.05) is 70.2 Å². The molecule has 2 heterocycles. The normalized spacial score (nSPS) is 34.0. The van der Waals surface area contributed by atoms with E-state index in [1.807, 2.05) is 6.07 Å². The Balaban J connectivity index is 1.16. The lowest BCUT2D eigenvalue weighted by Crippen LogP contribution is -2.93. The van der Waals surface area contributed by atoms with E-state index in [-0.39, 0.29) is 22.9 Å². The van der Waals surface area contributed by atoms with Gasteiger partial charge in [0.2, 0.25) is 11.4 Å². The molecular weight excluding hydrogens is 568 g/mol. The average molecular weight is 614 g/mol. The Bertz CT molecular complexity index is 1910. The molecule has 2 aliphatic heterocycles. The Kier molecular flexibility index (Phi) is 5.96. The van der Waals surface area contributed by atoms with Gasteiger partial charge in [-0.25, -0.2) is 4.99 Å². The third kappa shape index (κ3) is 4.07. The van der Waals surface area contributed by atoms with Gasteiger partial charge < -0.3 is 21.1 Å². The van der Waals surface area contributed by atoms with Crippen molar-refractivity contribution in [2.75, 3.05) is 16.0 Å². The largest absolute Gasteiger partial charge is 0.510 e. The van der Waals surface area contributed by atoms with Crippen LogP contribution >= 0.6 is 0 Å². The molecule has 46 heavy (non-hydrogen) atoms. The van der Waals surface area contributed by atoms with Crippen molar-refractivity contribution in [3.63, 3.8) is 0 Å². The highest BCUT2D eigenvalue weighted by Crippen LogP contribution is 2.53. The number of nitrogens with one attached hydrogen (secondary N) is 4. The third-order valence-corrected chi connectivity index (χ3v) is 11.8. The smallest absolute Gasteiger partial charge is 0.235 e. The van der Waals surface area contributed by atoms with Crippen LogP contribution in [0.5, 0.6) is 0 Å². The number of ketones is 1. The van der Waals surface area contributed by atoms with Crippen molar-refractivity contribution in [3.8, 4) is 0 Å². The van der Waals surface area contributed by atoms with E-state index in [4.69, 9.17) is 0 Å². The molecule has 0 saturated heterocycles. The van der Waals surface area contributed by atoms with E-state index in [1.165, 1.54) is 18.4 Å². The molecule has 2 saturated carbocycles. The monoisotopic (exact) mass is 613 g/mol. The van der Waals surface area contributed by atoms with Gasteiger partial charge >= 0.3 is 0 Å². The average Bonchev–Trinajstić information content (AvgIpc) is 2.98. The van der Waals surface area contributed by atoms with Crippen LogP contribution in [-0.2, 0) is 11.2 Å². The second kappa shape index (κ2) is 9.73. The lowest BCUT2D eigenvalue weighted by Gasteiger charge is -2.48. The van der Waals surface area contributed by atoms with Crippen molar-refractivity contribution in [2.24, 2.45) is 23.7 Å². The molecule has 5 atom stereocenters. The minimum absolute atomic E-state index is 0.00536. The molecular formula is C40H45N4O2+. The van der Waals surface area contributed by atoms with Crippen molar-refractivity contribution < 1.29 is 14.9 Å². The number of hydrogen-bond acceptors (Lipinski definition) is 5. The summed E-state index contributed by atoms with van der Waals surface area (Å²) in [5.74, 6) is 1.84. The summed E-state index contributed by atoms with van der Waals surface area (Å²) >= 11 is 0. The molecule has 4 aliphatic carbocycles. The molecule has 5 N–H and O–H groups in total. The summed E-state index contributed by atoms with van der Waals surface area (Å²) in [5.41, 5.74) is 8.26. The van der Waals surface area contributed by atoms with Gasteiger partial charge in [0.15, 0.2) is 5.78 Å². The van der Waals surface area contributed by atoms with Gasteiger partial charge in [-0.15, -0.1) is 0 Å². The molecule has 0 radical (unpaired) electrons. The summed E-state index contributed by atoms with van der Waals surface area (Å²) in [6, 6.07) is 14.8. The van der Waals surface area contributed by atoms with Gasteiger partial charge in [0.25, 0.3) is 0 Å². The molecule has 6 nitrogen and oxygen atoms in total. The molecule has 6 heteroatoms. The van der Waals surface area contributed by atoms with Crippen LogP contribution in [0.2, 0.25) is 0 Å². The molecule has 9 rings (SSSR count). The molecule has 236 valence electrons. The van der Waals surface area contributed by atoms with Crippen molar-refractivity contribution in [2.45, 2.75) is 89.9 Å². The first-order valence-corrected chi connectivity index (χ1v) is 17.5. The number of aliphatic hydroxyl groups excluding tert-OH is 1. The van der Waals surface area contributed by atoms with Crippen molar-refractivity contribution in [3.05, 3.63) is 82.6 Å². The number of benzene rings is 3. The predicted octanol–water partition coefficient (Wildman–Crippen LogP) is 7.03. The Hall–Kier alpha value is -4.06. The number of hydrogen-bond donors (Lipinski definition) is 5. The zero-order valence-electron chi connectivity index (χ0n) is 27.4. The number of anilines is 3. The molecule has 0 bridgehead atoms. The SMILES string of the molecule is CC1CC(C)CC2(C1)Nc1cccc3ccc(C4=C(O)C(c5ccc6c7c5NC5(CC(C)CC(C)C5)[NH+]=C7C=CC6)C4=O)c(c13)N2. The van der Waals surface area contributed by atoms with E-state index < -0.39 is 5.92 Å². The Morgan fingerprint density at radius 3 is 2.30 bits per heavy atom. The highest BCUT2D eigenvalue weighted by atomic mass is 16.3. The molecule has 6 aliphatic rings. The van der Waals surface area contributed by atoms with E-state index >= 15 is 0 Å². The van der Waals surface area contributed by atoms with E-state index in [2.05, 4.69) is 97.2 Å². The zero-order valence-corrected chi connectivity index (χ0v) is 27.4. The number of carbonyl (C=O) groups excluding carboxylic acids is 1. The van der Waals surface area contributed by atoms with E-state index in [1.54, 1.807) is 0 Å². The summed E-state index contributed by atoms with van der Waals surface area (Å²) in [7, 11) is 0. The van der Waals surface area contributed by atoms with Crippen LogP contribution in [0.1, 0.15) is 94.4 Å². The second-order valence-electron chi connectivity index (χ2n) is 15.9. The zero-order chi connectivity index (χ0) is 31.5. The fourth-order valence-electron chi connectivity index (χ4n) is 10.6. The van der Waals surface area contributed by atoms with E-state index in [0.717, 1.165) is 82.3 Å². The maximum Gasteiger partial charge on any atom is 0.235 e. The summed E-state index contributed by atoms with van der Waals surface area (Å²) in [5, 5.41) is 26.0. The van der Waals surface area contributed by atoms with Crippen LogP contribution in [0.15, 0.2) is 60.4 Å². The highest BCUT2D eigenvalue weighted by molar-refractivity contribution is 6.34. The van der Waals surface area contributed by atoms with Crippen LogP contribution in [0.4, 0.5) is 17.1 Å². The lowest BCUT2D eigenvalue weighted by molar-refractivity contribution is -0.554. The lowest BCUT2D eigenvalue weighted by atomic mass is 9.70. The van der Waals surface area contributed by atoms with Crippen molar-refractivity contribution >= 4 is 44.9 Å². The fraction of sp³-hybridized carbons (Fsp3) is 0.450. The molecule has 3 aromatic carbocycles. The molecule has 0 aromatic heterocycles. The van der Waals surface area contributed by atoms with Gasteiger partial charge in [0.05, 0.1) is 22.5 Å². The standard InChI is InChI=1S/C40H44N4O2/c1-21-15-22(2)18-39(17-21)41-29-9-5-7-25-11-13-27(35(43-39)31(25)29)33-37(45)34(38(33)46)28-14-12-26-8-6-10-30-32(26)36(28)44-40(42-30)19-23(3)16-24(4)20-40/h5-7,9-14,21-24,34,41,43-45H,8,15-20H2,1-4H3/p+1. The number of allylic oxidation sites excluding steroid dienone is 4. The molecule has 3 aromatic rings. The summed E-state index contributed by atoms with van der Waals surface area (Å²) < 4.78 is 0. The van der Waals surface area contributed by atoms with Crippen LogP contribution in [0.25, 0.3) is 16.3 Å². The van der Waals surface area contributed by atoms with Crippen molar-refractivity contribution in [1.29, 1.82) is 0 Å². The maximum atomic E-state index is 14.4. The predicted molar refractivity (Wildman–Crippen MR) is 186 cm³/mol. The van der Waals surface area contributed by atoms with Gasteiger partial charge in [-0.05, 0) is 78.4 Å². The minimum atomic E-state index is -0.674. The fourth-order valence-corrected chi connectivity index (χ4v) is 10.6. The number of aliphatic hydroxyl groups is 1. The highest BCUT2D eigenvalue weighted by Gasteiger charge is 2.51. The minimum Gasteiger partial charge on any atom is -0.510 e. The van der Waals surface area contributed by atoms with Crippen LogP contribution in [0, 0.1) is 23.7 Å². The quantitative estimate of drug-likeness (QED) is 0.214. The van der Waals surface area contributed by atoms with Crippen molar-refractivity contribution in [1.82, 2.24) is 0 Å². The van der Waals surface area contributed by atoms with Gasteiger partial charge in [-0.3, -0.25) is 4.79 Å². The maximum absolute atomic E-state index is 14.4. The van der Waals surface area contributed by atoms with E-state index in [0.29, 0.717) is 29.2 Å². The Morgan fingerprint density at radius 2 is 1.57 bits per heavy atom. The number of carbonyl (C=O) groups is 1. The summed E-state index contributed by atoms with van der Waals surface area (Å²) in [6.45, 7) is 9.36. The summed E-state index contributed by atoms with van der Waals surface area (Å²) in [6.07, 6.45) is 11.8. The first-order chi connectivity index (χ1) is 22.1. The number of Topliss-reactive ketones (excluding diaryl/α,β-unsaturated/α-hetero) is 1. The van der Waals surface area contributed by atoms with Crippen LogP contribution < -0.4 is 20.9 Å². The van der Waals surface area contributed by atoms with Crippen LogP contribution in [0.3, 0.4) is 0 Å². The van der Waals surface area contributed by atoms with Crippen LogP contribution in [-0.4, -0.2) is 27.9 Å². The Morgan fingerprint density at radius 1 is 0.826 bits per heavy atom.